The minimum Gasteiger partial charge on any atom is -0.496 e. The van der Waals surface area contributed by atoms with E-state index in [1.807, 2.05) is 6.07 Å². The molecule has 1 aromatic carbocycles. The van der Waals surface area contributed by atoms with Gasteiger partial charge in [0.2, 0.25) is 0 Å². The summed E-state index contributed by atoms with van der Waals surface area (Å²) in [5.41, 5.74) is 0.902. The molecular weight excluding hydrogens is 220 g/mol. The summed E-state index contributed by atoms with van der Waals surface area (Å²) in [6.07, 6.45) is 2.43. The molecular formula is C13H18O4. The monoisotopic (exact) mass is 238 g/mol. The number of hydrogen-bond acceptors (Lipinski definition) is 4. The van der Waals surface area contributed by atoms with Crippen LogP contribution in [0.15, 0.2) is 24.8 Å². The number of hydrogen-bond donors (Lipinski definition) is 0. The lowest BCUT2D eigenvalue weighted by atomic mass is 10.1. The van der Waals surface area contributed by atoms with Crippen molar-refractivity contribution in [3.8, 4) is 17.2 Å². The highest BCUT2D eigenvalue weighted by molar-refractivity contribution is 5.54. The van der Waals surface area contributed by atoms with Crippen LogP contribution in [-0.2, 0) is 11.2 Å². The molecule has 17 heavy (non-hydrogen) atoms. The van der Waals surface area contributed by atoms with E-state index < -0.39 is 0 Å². The molecule has 0 atom stereocenters. The predicted molar refractivity (Wildman–Crippen MR) is 66.0 cm³/mol. The third kappa shape index (κ3) is 3.14. The molecule has 0 saturated carbocycles. The smallest absolute Gasteiger partial charge is 0.188 e. The van der Waals surface area contributed by atoms with Crippen molar-refractivity contribution < 1.29 is 18.9 Å². The van der Waals surface area contributed by atoms with Gasteiger partial charge in [0.15, 0.2) is 18.3 Å². The quantitative estimate of drug-likeness (QED) is 0.540. The fourth-order valence-electron chi connectivity index (χ4n) is 1.55. The molecule has 0 N–H and O–H groups in total. The second kappa shape index (κ2) is 6.81. The van der Waals surface area contributed by atoms with Crippen LogP contribution in [0.2, 0.25) is 0 Å². The summed E-state index contributed by atoms with van der Waals surface area (Å²) in [4.78, 5) is 0. The van der Waals surface area contributed by atoms with Crippen molar-refractivity contribution in [2.45, 2.75) is 6.42 Å². The Bertz CT molecular complexity index is 374. The first-order chi connectivity index (χ1) is 8.28. The zero-order valence-corrected chi connectivity index (χ0v) is 10.5. The van der Waals surface area contributed by atoms with E-state index in [0.29, 0.717) is 17.9 Å². The normalized spacial score (nSPS) is 9.82. The van der Waals surface area contributed by atoms with Crippen LogP contribution < -0.4 is 14.2 Å². The Balaban J connectivity index is 3.19. The van der Waals surface area contributed by atoms with E-state index in [-0.39, 0.29) is 6.79 Å². The molecule has 0 heterocycles. The van der Waals surface area contributed by atoms with Gasteiger partial charge in [-0.1, -0.05) is 6.08 Å². The molecule has 0 bridgehead atoms. The van der Waals surface area contributed by atoms with Gasteiger partial charge in [-0.3, -0.25) is 0 Å². The van der Waals surface area contributed by atoms with Gasteiger partial charge in [0.05, 0.1) is 14.2 Å². The van der Waals surface area contributed by atoms with Crippen molar-refractivity contribution in [3.63, 3.8) is 0 Å². The van der Waals surface area contributed by atoms with Crippen LogP contribution in [0.1, 0.15) is 5.56 Å². The average molecular weight is 238 g/mol. The van der Waals surface area contributed by atoms with E-state index in [9.17, 15) is 0 Å². The molecule has 94 valence electrons. The zero-order valence-electron chi connectivity index (χ0n) is 10.5. The number of allylic oxidation sites excluding steroid dienone is 1. The molecule has 4 nitrogen and oxygen atoms in total. The van der Waals surface area contributed by atoms with E-state index in [1.54, 1.807) is 33.5 Å². The molecule has 0 aliphatic rings. The van der Waals surface area contributed by atoms with Crippen molar-refractivity contribution in [1.29, 1.82) is 0 Å². The molecule has 0 radical (unpaired) electrons. The molecule has 0 aromatic heterocycles. The summed E-state index contributed by atoms with van der Waals surface area (Å²) in [6.45, 7) is 3.89. The van der Waals surface area contributed by atoms with Gasteiger partial charge in [-0.2, -0.15) is 0 Å². The van der Waals surface area contributed by atoms with Gasteiger partial charge < -0.3 is 18.9 Å². The fraction of sp³-hybridized carbons (Fsp3) is 0.385. The third-order valence-electron chi connectivity index (χ3n) is 2.29. The summed E-state index contributed by atoms with van der Waals surface area (Å²) >= 11 is 0. The van der Waals surface area contributed by atoms with E-state index in [1.165, 1.54) is 0 Å². The summed E-state index contributed by atoms with van der Waals surface area (Å²) < 4.78 is 21.0. The molecule has 4 heteroatoms. The number of rotatable bonds is 7. The molecule has 0 amide bonds. The summed E-state index contributed by atoms with van der Waals surface area (Å²) in [7, 11) is 4.79. The number of ether oxygens (including phenoxy) is 4. The van der Waals surface area contributed by atoms with E-state index in [4.69, 9.17) is 18.9 Å². The lowest BCUT2D eigenvalue weighted by Gasteiger charge is -2.16. The predicted octanol–water partition coefficient (Wildman–Crippen LogP) is 2.42. The van der Waals surface area contributed by atoms with Gasteiger partial charge in [-0.05, 0) is 18.6 Å². The highest BCUT2D eigenvalue weighted by Gasteiger charge is 2.15. The van der Waals surface area contributed by atoms with Crippen LogP contribution in [0.3, 0.4) is 0 Å². The second-order valence-electron chi connectivity index (χ2n) is 3.32. The average Bonchev–Trinajstić information content (AvgIpc) is 2.37. The van der Waals surface area contributed by atoms with Crippen LogP contribution >= 0.6 is 0 Å². The van der Waals surface area contributed by atoms with Crippen LogP contribution in [0.4, 0.5) is 0 Å². The molecule has 1 rings (SSSR count). The Morgan fingerprint density at radius 3 is 2.29 bits per heavy atom. The maximum atomic E-state index is 5.53. The van der Waals surface area contributed by atoms with Crippen molar-refractivity contribution in [3.05, 3.63) is 30.4 Å². The van der Waals surface area contributed by atoms with Crippen LogP contribution in [0.5, 0.6) is 17.2 Å². The molecule has 0 fully saturated rings. The Hall–Kier alpha value is -1.68. The third-order valence-corrected chi connectivity index (χ3v) is 2.29. The first-order valence-electron chi connectivity index (χ1n) is 5.25. The SMILES string of the molecule is C=CCc1c(OC)ccc(OC)c1OCOC. The fourth-order valence-corrected chi connectivity index (χ4v) is 1.55. The van der Waals surface area contributed by atoms with Gasteiger partial charge in [0.25, 0.3) is 0 Å². The lowest BCUT2D eigenvalue weighted by Crippen LogP contribution is -2.05. The van der Waals surface area contributed by atoms with Crippen molar-refractivity contribution in [2.75, 3.05) is 28.1 Å². The van der Waals surface area contributed by atoms with Gasteiger partial charge in [-0.15, -0.1) is 6.58 Å². The highest BCUT2D eigenvalue weighted by atomic mass is 16.7. The Kier molecular flexibility index (Phi) is 5.36. The largest absolute Gasteiger partial charge is 0.496 e. The minimum absolute atomic E-state index is 0.160. The lowest BCUT2D eigenvalue weighted by molar-refractivity contribution is 0.0483. The second-order valence-corrected chi connectivity index (χ2v) is 3.32. The highest BCUT2D eigenvalue weighted by Crippen LogP contribution is 2.37. The molecule has 1 aromatic rings. The summed E-state index contributed by atoms with van der Waals surface area (Å²) in [5, 5.41) is 0. The van der Waals surface area contributed by atoms with E-state index in [2.05, 4.69) is 6.58 Å². The zero-order chi connectivity index (χ0) is 12.7. The van der Waals surface area contributed by atoms with Crippen molar-refractivity contribution >= 4 is 0 Å². The van der Waals surface area contributed by atoms with E-state index >= 15 is 0 Å². The van der Waals surface area contributed by atoms with E-state index in [0.717, 1.165) is 11.3 Å². The minimum atomic E-state index is 0.160. The first-order valence-corrected chi connectivity index (χ1v) is 5.25. The molecule has 0 aliphatic carbocycles. The molecule has 0 spiro atoms. The number of methoxy groups -OCH3 is 3. The molecule has 0 unspecified atom stereocenters. The van der Waals surface area contributed by atoms with Gasteiger partial charge in [-0.25, -0.2) is 0 Å². The Morgan fingerprint density at radius 2 is 1.76 bits per heavy atom. The first kappa shape index (κ1) is 13.4. The maximum absolute atomic E-state index is 5.53. The molecule has 0 aliphatic heterocycles. The molecule has 0 saturated heterocycles. The Morgan fingerprint density at radius 1 is 1.12 bits per heavy atom. The van der Waals surface area contributed by atoms with Crippen molar-refractivity contribution in [1.82, 2.24) is 0 Å². The van der Waals surface area contributed by atoms with Crippen LogP contribution in [0.25, 0.3) is 0 Å². The van der Waals surface area contributed by atoms with Gasteiger partial charge in [0.1, 0.15) is 5.75 Å². The Labute approximate surface area is 102 Å². The number of benzene rings is 1. The maximum Gasteiger partial charge on any atom is 0.188 e. The van der Waals surface area contributed by atoms with Crippen molar-refractivity contribution in [2.24, 2.45) is 0 Å². The topological polar surface area (TPSA) is 36.9 Å². The summed E-state index contributed by atoms with van der Waals surface area (Å²) in [6, 6.07) is 3.65. The van der Waals surface area contributed by atoms with Crippen LogP contribution in [-0.4, -0.2) is 28.1 Å². The summed E-state index contributed by atoms with van der Waals surface area (Å²) in [5.74, 6) is 2.03. The van der Waals surface area contributed by atoms with Gasteiger partial charge >= 0.3 is 0 Å². The van der Waals surface area contributed by atoms with Crippen LogP contribution in [0, 0.1) is 0 Å². The standard InChI is InChI=1S/C13H18O4/c1-5-6-10-11(15-3)7-8-12(16-4)13(10)17-9-14-2/h5,7-8H,1,6,9H2,2-4H3. The van der Waals surface area contributed by atoms with Gasteiger partial charge in [0, 0.05) is 12.7 Å².